The Bertz CT molecular complexity index is 388. The second-order valence-electron chi connectivity index (χ2n) is 2.95. The van der Waals surface area contributed by atoms with E-state index in [0.717, 1.165) is 16.2 Å². The van der Waals surface area contributed by atoms with Crippen LogP contribution in [0.5, 0.6) is 0 Å². The van der Waals surface area contributed by atoms with E-state index in [-0.39, 0.29) is 0 Å². The van der Waals surface area contributed by atoms with Gasteiger partial charge in [-0.3, -0.25) is 0 Å². The summed E-state index contributed by atoms with van der Waals surface area (Å²) in [5, 5.41) is 8.92. The number of aromatic carboxylic acids is 1. The minimum absolute atomic E-state index is 0.356. The van der Waals surface area contributed by atoms with Gasteiger partial charge in [0.2, 0.25) is 0 Å². The van der Waals surface area contributed by atoms with Crippen LogP contribution in [0.4, 0.5) is 0 Å². The van der Waals surface area contributed by atoms with Crippen LogP contribution in [0, 0.1) is 6.92 Å². The molecule has 0 saturated heterocycles. The van der Waals surface area contributed by atoms with Crippen LogP contribution in [0.25, 0.3) is 0 Å². The predicted octanol–water partition coefficient (Wildman–Crippen LogP) is 3.54. The highest BCUT2D eigenvalue weighted by molar-refractivity contribution is 7.99. The van der Waals surface area contributed by atoms with E-state index in [1.165, 1.54) is 5.54 Å². The molecule has 0 spiro atoms. The maximum absolute atomic E-state index is 10.9. The largest absolute Gasteiger partial charge is 0.478 e. The SMILES string of the molecule is Cc1ccc(SC/C=C/Cl)cc1C(=O)O. The molecule has 4 heteroatoms. The molecule has 0 aliphatic heterocycles. The molecule has 0 bridgehead atoms. The monoisotopic (exact) mass is 242 g/mol. The average molecular weight is 243 g/mol. The third-order valence-electron chi connectivity index (χ3n) is 1.87. The molecule has 0 fully saturated rings. The number of hydrogen-bond acceptors (Lipinski definition) is 2. The van der Waals surface area contributed by atoms with E-state index in [1.54, 1.807) is 24.8 Å². The summed E-state index contributed by atoms with van der Waals surface area (Å²) in [6.07, 6.45) is 1.81. The Labute approximate surface area is 97.9 Å². The van der Waals surface area contributed by atoms with Gasteiger partial charge in [0.1, 0.15) is 0 Å². The number of carboxylic acids is 1. The molecule has 80 valence electrons. The van der Waals surface area contributed by atoms with Gasteiger partial charge in [-0.2, -0.15) is 0 Å². The standard InChI is InChI=1S/C11H11ClO2S/c1-8-3-4-9(15-6-2-5-12)7-10(8)11(13)14/h2-5,7H,6H2,1H3,(H,13,14)/b5-2+. The second-order valence-corrected chi connectivity index (χ2v) is 4.30. The third kappa shape index (κ3) is 3.61. The van der Waals surface area contributed by atoms with Gasteiger partial charge in [-0.15, -0.1) is 11.8 Å². The zero-order valence-corrected chi connectivity index (χ0v) is 9.81. The Morgan fingerprint density at radius 3 is 2.93 bits per heavy atom. The van der Waals surface area contributed by atoms with Gasteiger partial charge < -0.3 is 5.11 Å². The third-order valence-corrected chi connectivity index (χ3v) is 3.00. The van der Waals surface area contributed by atoms with Crippen molar-refractivity contribution < 1.29 is 9.90 Å². The Hall–Kier alpha value is -0.930. The molecule has 0 atom stereocenters. The number of carboxylic acid groups (broad SMARTS) is 1. The van der Waals surface area contributed by atoms with Gasteiger partial charge >= 0.3 is 5.97 Å². The normalized spacial score (nSPS) is 10.8. The van der Waals surface area contributed by atoms with Crippen molar-refractivity contribution in [3.05, 3.63) is 40.9 Å². The molecule has 0 saturated carbocycles. The minimum atomic E-state index is -0.886. The van der Waals surface area contributed by atoms with Crippen molar-refractivity contribution in [1.29, 1.82) is 0 Å². The lowest BCUT2D eigenvalue weighted by atomic mass is 10.1. The van der Waals surface area contributed by atoms with Crippen LogP contribution in [-0.2, 0) is 0 Å². The summed E-state index contributed by atoms with van der Waals surface area (Å²) in [5.74, 6) is -0.145. The fraction of sp³-hybridized carbons (Fsp3) is 0.182. The van der Waals surface area contributed by atoms with Crippen LogP contribution in [-0.4, -0.2) is 16.8 Å². The molecule has 0 aromatic heterocycles. The van der Waals surface area contributed by atoms with Gasteiger partial charge in [0, 0.05) is 16.2 Å². The van der Waals surface area contributed by atoms with Crippen LogP contribution in [0.1, 0.15) is 15.9 Å². The van der Waals surface area contributed by atoms with Gasteiger partial charge in [-0.25, -0.2) is 4.79 Å². The Kier molecular flexibility index (Phi) is 4.72. The molecule has 1 aromatic rings. The number of hydrogen-bond donors (Lipinski definition) is 1. The summed E-state index contributed by atoms with van der Waals surface area (Å²) in [6, 6.07) is 5.41. The Balaban J connectivity index is 2.83. The maximum Gasteiger partial charge on any atom is 0.335 e. The zero-order chi connectivity index (χ0) is 11.3. The molecule has 2 nitrogen and oxygen atoms in total. The highest BCUT2D eigenvalue weighted by Crippen LogP contribution is 2.21. The molecule has 0 amide bonds. The first kappa shape index (κ1) is 12.1. The van der Waals surface area contributed by atoms with Crippen molar-refractivity contribution in [3.63, 3.8) is 0 Å². The van der Waals surface area contributed by atoms with E-state index in [4.69, 9.17) is 16.7 Å². The lowest BCUT2D eigenvalue weighted by Gasteiger charge is -2.03. The molecular formula is C11H11ClO2S. The first-order valence-electron chi connectivity index (χ1n) is 4.37. The summed E-state index contributed by atoms with van der Waals surface area (Å²) in [4.78, 5) is 11.8. The van der Waals surface area contributed by atoms with E-state index in [2.05, 4.69) is 0 Å². The van der Waals surface area contributed by atoms with Gasteiger partial charge in [-0.05, 0) is 24.6 Å². The summed E-state index contributed by atoms with van der Waals surface area (Å²) in [6.45, 7) is 1.79. The lowest BCUT2D eigenvalue weighted by Crippen LogP contribution is -1.99. The molecule has 0 aliphatic carbocycles. The zero-order valence-electron chi connectivity index (χ0n) is 8.24. The molecule has 0 aliphatic rings. The van der Waals surface area contributed by atoms with Crippen LogP contribution in [0.2, 0.25) is 0 Å². The molecule has 1 rings (SSSR count). The van der Waals surface area contributed by atoms with Gasteiger partial charge in [0.25, 0.3) is 0 Å². The predicted molar refractivity (Wildman–Crippen MR) is 63.9 cm³/mol. The fourth-order valence-corrected chi connectivity index (χ4v) is 2.05. The average Bonchev–Trinajstić information content (AvgIpc) is 2.20. The molecule has 0 heterocycles. The topological polar surface area (TPSA) is 37.3 Å². The number of rotatable bonds is 4. The van der Waals surface area contributed by atoms with Gasteiger partial charge in [-0.1, -0.05) is 23.7 Å². The smallest absolute Gasteiger partial charge is 0.335 e. The summed E-state index contributed by atoms with van der Waals surface area (Å²) in [7, 11) is 0. The van der Waals surface area contributed by atoms with E-state index in [0.29, 0.717) is 5.56 Å². The number of halogens is 1. The van der Waals surface area contributed by atoms with Crippen molar-refractivity contribution in [3.8, 4) is 0 Å². The minimum Gasteiger partial charge on any atom is -0.478 e. The second kappa shape index (κ2) is 5.83. The van der Waals surface area contributed by atoms with E-state index < -0.39 is 5.97 Å². The summed E-state index contributed by atoms with van der Waals surface area (Å²) < 4.78 is 0. The van der Waals surface area contributed by atoms with Crippen molar-refractivity contribution >= 4 is 29.3 Å². The molecule has 0 radical (unpaired) electrons. The highest BCUT2D eigenvalue weighted by atomic mass is 35.5. The van der Waals surface area contributed by atoms with Gasteiger partial charge in [0.15, 0.2) is 0 Å². The van der Waals surface area contributed by atoms with E-state index in [1.807, 2.05) is 18.2 Å². The van der Waals surface area contributed by atoms with E-state index in [9.17, 15) is 4.79 Å². The van der Waals surface area contributed by atoms with E-state index >= 15 is 0 Å². The molecule has 1 N–H and O–H groups in total. The molecule has 15 heavy (non-hydrogen) atoms. The quantitative estimate of drug-likeness (QED) is 0.821. The first-order valence-corrected chi connectivity index (χ1v) is 5.79. The van der Waals surface area contributed by atoms with Crippen LogP contribution >= 0.6 is 23.4 Å². The van der Waals surface area contributed by atoms with Crippen molar-refractivity contribution in [2.24, 2.45) is 0 Å². The highest BCUT2D eigenvalue weighted by Gasteiger charge is 2.07. The Morgan fingerprint density at radius 2 is 2.33 bits per heavy atom. The van der Waals surface area contributed by atoms with Gasteiger partial charge in [0.05, 0.1) is 5.56 Å². The molecule has 0 unspecified atom stereocenters. The summed E-state index contributed by atoms with van der Waals surface area (Å²) >= 11 is 6.94. The van der Waals surface area contributed by atoms with Crippen LogP contribution < -0.4 is 0 Å². The van der Waals surface area contributed by atoms with Crippen molar-refractivity contribution in [2.45, 2.75) is 11.8 Å². The number of carbonyl (C=O) groups is 1. The number of aryl methyl sites for hydroxylation is 1. The lowest BCUT2D eigenvalue weighted by molar-refractivity contribution is 0.0696. The fourth-order valence-electron chi connectivity index (χ4n) is 1.10. The molecular weight excluding hydrogens is 232 g/mol. The summed E-state index contributed by atoms with van der Waals surface area (Å²) in [5.41, 5.74) is 2.59. The van der Waals surface area contributed by atoms with Crippen molar-refractivity contribution in [2.75, 3.05) is 5.75 Å². The molecule has 1 aromatic carbocycles. The Morgan fingerprint density at radius 1 is 1.60 bits per heavy atom. The van der Waals surface area contributed by atoms with Crippen molar-refractivity contribution in [1.82, 2.24) is 0 Å². The number of thioether (sulfide) groups is 1. The maximum atomic E-state index is 10.9. The first-order chi connectivity index (χ1) is 7.15. The number of benzene rings is 1. The van der Waals surface area contributed by atoms with Crippen LogP contribution in [0.15, 0.2) is 34.7 Å². The van der Waals surface area contributed by atoms with Crippen LogP contribution in [0.3, 0.4) is 0 Å².